The molecule has 2 unspecified atom stereocenters. The van der Waals surface area contributed by atoms with E-state index in [1.54, 1.807) is 12.1 Å². The van der Waals surface area contributed by atoms with Gasteiger partial charge in [-0.15, -0.1) is 0 Å². The van der Waals surface area contributed by atoms with E-state index >= 15 is 0 Å². The zero-order valence-corrected chi connectivity index (χ0v) is 18.7. The first kappa shape index (κ1) is 20.4. The first-order chi connectivity index (χ1) is 16.5. The molecule has 2 heterocycles. The highest BCUT2D eigenvalue weighted by atomic mass is 16.5. The Morgan fingerprint density at radius 3 is 2.56 bits per heavy atom. The lowest BCUT2D eigenvalue weighted by molar-refractivity contribution is -0.119. The first-order valence-corrected chi connectivity index (χ1v) is 11.3. The fraction of sp³-hybridized carbons (Fsp3) is 0.179. The predicted molar refractivity (Wildman–Crippen MR) is 130 cm³/mol. The van der Waals surface area contributed by atoms with E-state index in [-0.39, 0.29) is 17.9 Å². The van der Waals surface area contributed by atoms with Gasteiger partial charge in [0.05, 0.1) is 5.69 Å². The number of ether oxygens (including phenoxy) is 1. The van der Waals surface area contributed by atoms with Crippen LogP contribution in [-0.2, 0) is 11.4 Å². The fourth-order valence-corrected chi connectivity index (χ4v) is 4.70. The Bertz CT molecular complexity index is 1420. The molecule has 1 aliphatic heterocycles. The number of carbonyl (C=O) groups is 2. The van der Waals surface area contributed by atoms with Gasteiger partial charge in [-0.25, -0.2) is 14.7 Å². The van der Waals surface area contributed by atoms with Gasteiger partial charge in [-0.3, -0.25) is 4.79 Å². The number of urea groups is 1. The number of amides is 3. The minimum atomic E-state index is -0.928. The number of hydrogen-bond donors (Lipinski definition) is 1. The number of pyridine rings is 1. The second kappa shape index (κ2) is 7.70. The van der Waals surface area contributed by atoms with Crippen LogP contribution in [0, 0.1) is 6.92 Å². The van der Waals surface area contributed by atoms with Crippen molar-refractivity contribution in [3.63, 3.8) is 0 Å². The predicted octanol–water partition coefficient (Wildman–Crippen LogP) is 5.10. The molecule has 0 bridgehead atoms. The normalized spacial score (nSPS) is 21.2. The second-order valence-corrected chi connectivity index (χ2v) is 8.97. The molecule has 0 radical (unpaired) electrons. The minimum absolute atomic E-state index is 0.175. The number of carbonyl (C=O) groups excluding carboxylic acids is 2. The summed E-state index contributed by atoms with van der Waals surface area (Å²) in [6, 6.07) is 26.8. The Kier molecular flexibility index (Phi) is 4.62. The zero-order chi connectivity index (χ0) is 23.3. The van der Waals surface area contributed by atoms with E-state index in [1.165, 1.54) is 4.90 Å². The van der Waals surface area contributed by atoms with Gasteiger partial charge in [-0.2, -0.15) is 0 Å². The molecule has 3 aromatic carbocycles. The summed E-state index contributed by atoms with van der Waals surface area (Å²) < 4.78 is 6.09. The number of hydrogen-bond acceptors (Lipinski definition) is 4. The van der Waals surface area contributed by atoms with Crippen LogP contribution in [0.2, 0.25) is 0 Å². The Labute approximate surface area is 197 Å². The maximum absolute atomic E-state index is 13.3. The summed E-state index contributed by atoms with van der Waals surface area (Å²) in [4.78, 5) is 32.2. The Morgan fingerprint density at radius 2 is 1.76 bits per heavy atom. The lowest BCUT2D eigenvalue weighted by Gasteiger charge is -2.13. The van der Waals surface area contributed by atoms with Crippen LogP contribution in [0.5, 0.6) is 5.75 Å². The van der Waals surface area contributed by atoms with Crippen molar-refractivity contribution >= 4 is 28.5 Å². The number of imide groups is 1. The molecule has 4 aromatic rings. The second-order valence-electron chi connectivity index (χ2n) is 8.97. The average Bonchev–Trinajstić information content (AvgIpc) is 3.53. The number of aryl methyl sites for hydroxylation is 1. The van der Waals surface area contributed by atoms with Crippen LogP contribution in [0.15, 0.2) is 84.9 Å². The fourth-order valence-electron chi connectivity index (χ4n) is 4.70. The molecule has 1 N–H and O–H groups in total. The van der Waals surface area contributed by atoms with Gasteiger partial charge in [0.25, 0.3) is 5.91 Å². The van der Waals surface area contributed by atoms with Crippen molar-refractivity contribution in [2.45, 2.75) is 31.4 Å². The van der Waals surface area contributed by atoms with Crippen molar-refractivity contribution in [3.05, 3.63) is 102 Å². The third-order valence-corrected chi connectivity index (χ3v) is 6.67. The van der Waals surface area contributed by atoms with Gasteiger partial charge in [0.15, 0.2) is 0 Å². The van der Waals surface area contributed by atoms with Crippen LogP contribution in [0.3, 0.4) is 0 Å². The van der Waals surface area contributed by atoms with Crippen LogP contribution in [0.4, 0.5) is 10.5 Å². The number of benzene rings is 3. The SMILES string of the molecule is Cc1ccc(N2C(=O)NC3(CC3c3ccc4cccc(OCc5ccccc5)c4n3)C2=O)cc1. The third kappa shape index (κ3) is 3.30. The van der Waals surface area contributed by atoms with Gasteiger partial charge in [0, 0.05) is 17.0 Å². The Hall–Kier alpha value is -4.19. The van der Waals surface area contributed by atoms with Gasteiger partial charge in [-0.1, -0.05) is 66.2 Å². The number of nitrogens with zero attached hydrogens (tertiary/aromatic N) is 2. The summed E-state index contributed by atoms with van der Waals surface area (Å²) >= 11 is 0. The van der Waals surface area contributed by atoms with E-state index in [0.717, 1.165) is 27.7 Å². The van der Waals surface area contributed by atoms with Crippen molar-refractivity contribution in [2.24, 2.45) is 0 Å². The topological polar surface area (TPSA) is 71.5 Å². The number of anilines is 1. The standard InChI is InChI=1S/C28H23N3O3/c1-18-10-13-21(14-11-18)31-26(32)28(30-27(31)33)16-22(28)23-15-12-20-8-5-9-24(25(20)29-23)34-17-19-6-3-2-4-7-19/h2-15,22H,16-17H2,1H3,(H,30,33). The first-order valence-electron chi connectivity index (χ1n) is 11.3. The van der Waals surface area contributed by atoms with E-state index < -0.39 is 5.54 Å². The number of nitrogens with one attached hydrogen (secondary N) is 1. The molecule has 2 fully saturated rings. The van der Waals surface area contributed by atoms with Crippen LogP contribution in [0.1, 0.15) is 29.2 Å². The van der Waals surface area contributed by atoms with Gasteiger partial charge in [-0.05, 0) is 43.2 Å². The monoisotopic (exact) mass is 449 g/mol. The van der Waals surface area contributed by atoms with Crippen molar-refractivity contribution in [1.82, 2.24) is 10.3 Å². The highest BCUT2D eigenvalue weighted by Gasteiger charge is 2.68. The van der Waals surface area contributed by atoms with E-state index in [9.17, 15) is 9.59 Å². The van der Waals surface area contributed by atoms with Crippen LogP contribution in [-0.4, -0.2) is 22.5 Å². The molecule has 1 aliphatic carbocycles. The number of para-hydroxylation sites is 1. The summed E-state index contributed by atoms with van der Waals surface area (Å²) in [6.45, 7) is 2.41. The van der Waals surface area contributed by atoms with Gasteiger partial charge < -0.3 is 10.1 Å². The highest BCUT2D eigenvalue weighted by Crippen LogP contribution is 2.54. The summed E-state index contributed by atoms with van der Waals surface area (Å²) in [6.07, 6.45) is 0.533. The molecule has 6 nitrogen and oxygen atoms in total. The van der Waals surface area contributed by atoms with Crippen LogP contribution >= 0.6 is 0 Å². The van der Waals surface area contributed by atoms with E-state index in [4.69, 9.17) is 9.72 Å². The molecule has 1 spiro atoms. The molecule has 6 heteroatoms. The highest BCUT2D eigenvalue weighted by molar-refractivity contribution is 6.25. The maximum Gasteiger partial charge on any atom is 0.329 e. The van der Waals surface area contributed by atoms with Crippen molar-refractivity contribution in [1.29, 1.82) is 0 Å². The van der Waals surface area contributed by atoms with Gasteiger partial charge >= 0.3 is 6.03 Å². The van der Waals surface area contributed by atoms with Gasteiger partial charge in [0.2, 0.25) is 0 Å². The van der Waals surface area contributed by atoms with Crippen molar-refractivity contribution in [2.75, 3.05) is 4.90 Å². The maximum atomic E-state index is 13.3. The molecular weight excluding hydrogens is 426 g/mol. The summed E-state index contributed by atoms with van der Waals surface area (Å²) in [5.74, 6) is 0.300. The smallest absolute Gasteiger partial charge is 0.329 e. The molecule has 168 valence electrons. The molecule has 34 heavy (non-hydrogen) atoms. The molecule has 2 atom stereocenters. The molecular formula is C28H23N3O3. The van der Waals surface area contributed by atoms with E-state index in [2.05, 4.69) is 5.32 Å². The Balaban J connectivity index is 1.28. The third-order valence-electron chi connectivity index (χ3n) is 6.67. The quantitative estimate of drug-likeness (QED) is 0.430. The number of rotatable bonds is 5. The Morgan fingerprint density at radius 1 is 0.971 bits per heavy atom. The lowest BCUT2D eigenvalue weighted by atomic mass is 10.1. The average molecular weight is 450 g/mol. The summed E-state index contributed by atoms with van der Waals surface area (Å²) in [5, 5.41) is 3.91. The number of aromatic nitrogens is 1. The molecule has 3 amide bonds. The van der Waals surface area contributed by atoms with Crippen LogP contribution < -0.4 is 15.0 Å². The lowest BCUT2D eigenvalue weighted by Crippen LogP contribution is -2.34. The van der Waals surface area contributed by atoms with E-state index in [0.29, 0.717) is 24.5 Å². The largest absolute Gasteiger partial charge is 0.487 e. The van der Waals surface area contributed by atoms with Crippen LogP contribution in [0.25, 0.3) is 10.9 Å². The van der Waals surface area contributed by atoms with Gasteiger partial charge in [0.1, 0.15) is 23.4 Å². The summed E-state index contributed by atoms with van der Waals surface area (Å²) in [7, 11) is 0. The summed E-state index contributed by atoms with van der Waals surface area (Å²) in [5.41, 5.74) is 3.34. The molecule has 6 rings (SSSR count). The molecule has 1 saturated heterocycles. The molecule has 1 aromatic heterocycles. The van der Waals surface area contributed by atoms with E-state index in [1.807, 2.05) is 79.7 Å². The number of fused-ring (bicyclic) bond motifs is 1. The molecule has 1 saturated carbocycles. The van der Waals surface area contributed by atoms with Crippen molar-refractivity contribution < 1.29 is 14.3 Å². The molecule has 2 aliphatic rings. The minimum Gasteiger partial charge on any atom is -0.487 e. The zero-order valence-electron chi connectivity index (χ0n) is 18.7. The van der Waals surface area contributed by atoms with Crippen molar-refractivity contribution in [3.8, 4) is 5.75 Å².